The summed E-state index contributed by atoms with van der Waals surface area (Å²) < 4.78 is 0. The van der Waals surface area contributed by atoms with Gasteiger partial charge in [-0.2, -0.15) is 0 Å². The van der Waals surface area contributed by atoms with Gasteiger partial charge in [0, 0.05) is 0 Å². The van der Waals surface area contributed by atoms with Crippen LogP contribution < -0.4 is 5.43 Å². The average molecular weight is 250 g/mol. The molecule has 0 aromatic heterocycles. The van der Waals surface area contributed by atoms with Gasteiger partial charge in [0.15, 0.2) is 5.69 Å². The minimum atomic E-state index is 0. The van der Waals surface area contributed by atoms with Crippen LogP contribution in [0.25, 0.3) is 0 Å². The van der Waals surface area contributed by atoms with Gasteiger partial charge in [-0.15, -0.1) is 22.7 Å². The highest BCUT2D eigenvalue weighted by molar-refractivity contribution is 5.85. The first-order chi connectivity index (χ1) is 7.86. The zero-order chi connectivity index (χ0) is 11.2. The van der Waals surface area contributed by atoms with Gasteiger partial charge in [0.25, 0.3) is 0 Å². The summed E-state index contributed by atoms with van der Waals surface area (Å²) in [5.41, 5.74) is 3.95. The molecule has 4 nitrogen and oxygen atoms in total. The molecule has 0 saturated carbocycles. The van der Waals surface area contributed by atoms with Crippen LogP contribution in [-0.2, 0) is 0 Å². The summed E-state index contributed by atoms with van der Waals surface area (Å²) in [6.07, 6.45) is 0. The molecule has 0 unspecified atom stereocenters. The van der Waals surface area contributed by atoms with Gasteiger partial charge in [0.05, 0.1) is 5.22 Å². The van der Waals surface area contributed by atoms with Crippen molar-refractivity contribution in [1.82, 2.24) is 0 Å². The molecular formula is C12H12ClN3O. The molecule has 0 aliphatic carbocycles. The molecule has 2 aromatic carbocycles. The fraction of sp³-hybridized carbons (Fsp3) is 0. The quantitative estimate of drug-likeness (QED) is 0.512. The van der Waals surface area contributed by atoms with Gasteiger partial charge in [0.2, 0.25) is 0 Å². The lowest BCUT2D eigenvalue weighted by molar-refractivity contribution is -0.439. The summed E-state index contributed by atoms with van der Waals surface area (Å²) in [6.45, 7) is 0. The topological polar surface area (TPSA) is 50.5 Å². The van der Waals surface area contributed by atoms with E-state index in [9.17, 15) is 5.21 Å². The molecule has 0 bridgehead atoms. The van der Waals surface area contributed by atoms with Crippen molar-refractivity contribution in [1.29, 1.82) is 0 Å². The van der Waals surface area contributed by atoms with Crippen molar-refractivity contribution >= 4 is 23.8 Å². The summed E-state index contributed by atoms with van der Waals surface area (Å²) in [7, 11) is 0. The number of nitrogens with one attached hydrogen (secondary N) is 1. The van der Waals surface area contributed by atoms with Crippen molar-refractivity contribution in [2.45, 2.75) is 0 Å². The second-order valence-corrected chi connectivity index (χ2v) is 3.19. The maximum atomic E-state index is 11.5. The third kappa shape index (κ3) is 3.77. The Morgan fingerprint density at radius 3 is 2.00 bits per heavy atom. The lowest BCUT2D eigenvalue weighted by Crippen LogP contribution is -1.97. The molecule has 1 N–H and O–H groups in total. The van der Waals surface area contributed by atoms with E-state index in [1.165, 1.54) is 0 Å². The summed E-state index contributed by atoms with van der Waals surface area (Å²) in [6, 6.07) is 18.1. The summed E-state index contributed by atoms with van der Waals surface area (Å²) in [5, 5.41) is 15.2. The van der Waals surface area contributed by atoms with Crippen LogP contribution in [0.4, 0.5) is 11.4 Å². The summed E-state index contributed by atoms with van der Waals surface area (Å²) in [5.74, 6) is 0. The fourth-order valence-corrected chi connectivity index (χ4v) is 1.23. The normalized spacial score (nSPS) is 10.5. The number of rotatable bonds is 3. The van der Waals surface area contributed by atoms with E-state index in [0.717, 1.165) is 5.69 Å². The number of benzene rings is 2. The van der Waals surface area contributed by atoms with Crippen LogP contribution in [-0.4, -0.2) is 4.86 Å². The van der Waals surface area contributed by atoms with Gasteiger partial charge in [-0.05, 0) is 24.3 Å². The van der Waals surface area contributed by atoms with E-state index in [1.807, 2.05) is 36.4 Å². The van der Waals surface area contributed by atoms with Crippen LogP contribution >= 0.6 is 12.4 Å². The predicted octanol–water partition coefficient (Wildman–Crippen LogP) is 3.73. The number of hydrogen-bond donors (Lipinski definition) is 1. The zero-order valence-corrected chi connectivity index (χ0v) is 9.80. The number of nitrogens with zero attached hydrogens (tertiary/aromatic N) is 2. The molecule has 5 heteroatoms. The van der Waals surface area contributed by atoms with Gasteiger partial charge in [-0.25, -0.2) is 0 Å². The maximum absolute atomic E-state index is 11.5. The molecule has 2 rings (SSSR count). The standard InChI is InChI=1S/C12H11N3O.ClH/c16-15(12-9-5-2-6-10-12)14-13-11-7-3-1-4-8-11;/h1-10,13H;1H/b15-14-;. The first-order valence-electron chi connectivity index (χ1n) is 4.90. The van der Waals surface area contributed by atoms with E-state index in [0.29, 0.717) is 10.5 Å². The van der Waals surface area contributed by atoms with E-state index in [1.54, 1.807) is 24.3 Å². The molecule has 0 radical (unpaired) electrons. The lowest BCUT2D eigenvalue weighted by Gasteiger charge is -2.04. The molecule has 0 spiro atoms. The van der Waals surface area contributed by atoms with Crippen molar-refractivity contribution in [3.8, 4) is 0 Å². The Morgan fingerprint density at radius 1 is 0.882 bits per heavy atom. The van der Waals surface area contributed by atoms with E-state index in [4.69, 9.17) is 0 Å². The van der Waals surface area contributed by atoms with Crippen LogP contribution in [0.15, 0.2) is 65.9 Å². The van der Waals surface area contributed by atoms with Gasteiger partial charge >= 0.3 is 0 Å². The van der Waals surface area contributed by atoms with Crippen LogP contribution in [0, 0.1) is 5.21 Å². The van der Waals surface area contributed by atoms with E-state index in [2.05, 4.69) is 10.6 Å². The van der Waals surface area contributed by atoms with Crippen molar-refractivity contribution < 1.29 is 4.86 Å². The van der Waals surface area contributed by atoms with Crippen LogP contribution in [0.1, 0.15) is 0 Å². The first kappa shape index (κ1) is 13.0. The summed E-state index contributed by atoms with van der Waals surface area (Å²) >= 11 is 0. The molecule has 0 heterocycles. The Morgan fingerprint density at radius 2 is 1.41 bits per heavy atom. The number of halogens is 1. The SMILES string of the molecule is Cl.[O-]/[N+](=N\Nc1ccccc1)c1ccccc1. The molecule has 2 aromatic rings. The highest BCUT2D eigenvalue weighted by Crippen LogP contribution is 2.10. The summed E-state index contributed by atoms with van der Waals surface area (Å²) in [4.78, 5) is 0.549. The van der Waals surface area contributed by atoms with Crippen LogP contribution in [0.5, 0.6) is 0 Å². The van der Waals surface area contributed by atoms with E-state index >= 15 is 0 Å². The van der Waals surface area contributed by atoms with Crippen molar-refractivity contribution in [2.75, 3.05) is 5.43 Å². The van der Waals surface area contributed by atoms with Crippen LogP contribution in [0.2, 0.25) is 0 Å². The Hall–Kier alpha value is -2.07. The van der Waals surface area contributed by atoms with E-state index < -0.39 is 0 Å². The number of anilines is 1. The molecule has 17 heavy (non-hydrogen) atoms. The molecule has 0 saturated heterocycles. The predicted molar refractivity (Wildman–Crippen MR) is 69.5 cm³/mol. The lowest BCUT2D eigenvalue weighted by atomic mass is 10.3. The number of hydrogen-bond acceptors (Lipinski definition) is 2. The Balaban J connectivity index is 0.00000144. The Bertz CT molecular complexity index is 474. The average Bonchev–Trinajstić information content (AvgIpc) is 2.38. The molecule has 0 atom stereocenters. The highest BCUT2D eigenvalue weighted by Gasteiger charge is 1.96. The molecule has 88 valence electrons. The molecular weight excluding hydrogens is 238 g/mol. The first-order valence-corrected chi connectivity index (χ1v) is 4.90. The fourth-order valence-electron chi connectivity index (χ4n) is 1.23. The van der Waals surface area contributed by atoms with Gasteiger partial charge < -0.3 is 5.21 Å². The second-order valence-electron chi connectivity index (χ2n) is 3.19. The Kier molecular flexibility index (Phi) is 4.97. The minimum absolute atomic E-state index is 0. The van der Waals surface area contributed by atoms with Crippen molar-refractivity contribution in [2.24, 2.45) is 5.22 Å². The van der Waals surface area contributed by atoms with Gasteiger partial charge in [-0.1, -0.05) is 36.4 Å². The Labute approximate surface area is 106 Å². The van der Waals surface area contributed by atoms with Gasteiger partial charge in [0.1, 0.15) is 5.69 Å². The molecule has 0 fully saturated rings. The smallest absolute Gasteiger partial charge is 0.154 e. The highest BCUT2D eigenvalue weighted by atomic mass is 35.5. The van der Waals surface area contributed by atoms with Crippen molar-refractivity contribution in [3.05, 3.63) is 65.9 Å². The third-order valence-electron chi connectivity index (χ3n) is 2.02. The minimum Gasteiger partial charge on any atom is -0.691 e. The van der Waals surface area contributed by atoms with Gasteiger partial charge in [-0.3, -0.25) is 0 Å². The van der Waals surface area contributed by atoms with Crippen LogP contribution in [0.3, 0.4) is 0 Å². The molecule has 0 aliphatic heterocycles. The zero-order valence-electron chi connectivity index (χ0n) is 8.98. The second kappa shape index (κ2) is 6.50. The monoisotopic (exact) mass is 249 g/mol. The molecule has 0 aliphatic rings. The molecule has 0 amide bonds. The third-order valence-corrected chi connectivity index (χ3v) is 2.02. The maximum Gasteiger partial charge on any atom is 0.154 e. The van der Waals surface area contributed by atoms with E-state index in [-0.39, 0.29) is 12.4 Å². The van der Waals surface area contributed by atoms with Crippen molar-refractivity contribution in [3.63, 3.8) is 0 Å². The number of para-hydroxylation sites is 2. The largest absolute Gasteiger partial charge is 0.691 e.